The summed E-state index contributed by atoms with van der Waals surface area (Å²) in [6.45, 7) is 1.39. The number of likely N-dealkylation sites (tertiary alicyclic amines) is 1. The van der Waals surface area contributed by atoms with Crippen molar-refractivity contribution in [2.45, 2.75) is 31.7 Å². The van der Waals surface area contributed by atoms with Crippen LogP contribution in [0.25, 0.3) is 0 Å². The largest absolute Gasteiger partial charge is 0.476 e. The van der Waals surface area contributed by atoms with Crippen LogP contribution in [0.1, 0.15) is 25.7 Å². The molecule has 1 aromatic heterocycles. The van der Waals surface area contributed by atoms with Crippen molar-refractivity contribution >= 4 is 17.4 Å². The van der Waals surface area contributed by atoms with E-state index in [4.69, 9.17) is 10.5 Å². The van der Waals surface area contributed by atoms with E-state index in [1.165, 1.54) is 12.8 Å². The molecule has 0 spiro atoms. The Balaban J connectivity index is 1.61. The van der Waals surface area contributed by atoms with Crippen LogP contribution < -0.4 is 15.8 Å². The van der Waals surface area contributed by atoms with E-state index in [2.05, 4.69) is 10.3 Å². The van der Waals surface area contributed by atoms with Crippen molar-refractivity contribution in [2.24, 2.45) is 5.92 Å². The maximum absolute atomic E-state index is 11.5. The summed E-state index contributed by atoms with van der Waals surface area (Å²) < 4.78 is 5.69. The van der Waals surface area contributed by atoms with Gasteiger partial charge in [0.1, 0.15) is 5.82 Å². The van der Waals surface area contributed by atoms with Gasteiger partial charge in [-0.1, -0.05) is 0 Å². The number of hydrogen-bond acceptors (Lipinski definition) is 5. The molecule has 1 saturated heterocycles. The van der Waals surface area contributed by atoms with Crippen molar-refractivity contribution in [1.82, 2.24) is 9.88 Å². The topological polar surface area (TPSA) is 80.5 Å². The lowest BCUT2D eigenvalue weighted by Crippen LogP contribution is -2.43. The highest BCUT2D eigenvalue weighted by atomic mass is 16.5. The molecule has 1 aromatic rings. The number of rotatable bonds is 5. The smallest absolute Gasteiger partial charge is 0.239 e. The van der Waals surface area contributed by atoms with Crippen LogP contribution in [-0.2, 0) is 4.79 Å². The maximum Gasteiger partial charge on any atom is 0.239 e. The first-order chi connectivity index (χ1) is 10.1. The molecule has 1 aliphatic carbocycles. The molecule has 1 unspecified atom stereocenters. The van der Waals surface area contributed by atoms with E-state index in [0.717, 1.165) is 12.2 Å². The van der Waals surface area contributed by atoms with Crippen molar-refractivity contribution in [3.8, 4) is 5.88 Å². The molecular weight excluding hydrogens is 268 g/mol. The number of likely N-dealkylation sites (N-methyl/N-ethyl adjacent to an activating group) is 1. The number of nitrogens with zero attached hydrogens (tertiary/aromatic N) is 2. The molecule has 3 rings (SSSR count). The monoisotopic (exact) mass is 290 g/mol. The molecule has 2 fully saturated rings. The molecule has 1 amide bonds. The zero-order valence-corrected chi connectivity index (χ0v) is 12.3. The molecule has 0 radical (unpaired) electrons. The lowest BCUT2D eigenvalue weighted by Gasteiger charge is -2.30. The molecule has 0 bridgehead atoms. The molecule has 114 valence electrons. The first-order valence-electron chi connectivity index (χ1n) is 7.51. The molecule has 2 heterocycles. The molecule has 21 heavy (non-hydrogen) atoms. The Bertz CT molecular complexity index is 530. The quantitative estimate of drug-likeness (QED) is 0.858. The number of aromatic nitrogens is 1. The van der Waals surface area contributed by atoms with Gasteiger partial charge in [-0.2, -0.15) is 4.98 Å². The number of carbonyl (C=O) groups excluding carboxylic acids is 1. The van der Waals surface area contributed by atoms with Gasteiger partial charge in [0.05, 0.1) is 12.3 Å². The van der Waals surface area contributed by atoms with Crippen LogP contribution in [0.2, 0.25) is 0 Å². The number of hydrogen-bond donors (Lipinski definition) is 2. The second-order valence-electron chi connectivity index (χ2n) is 6.00. The van der Waals surface area contributed by atoms with E-state index in [0.29, 0.717) is 37.1 Å². The van der Waals surface area contributed by atoms with Crippen LogP contribution in [-0.4, -0.2) is 42.0 Å². The maximum atomic E-state index is 11.5. The second kappa shape index (κ2) is 5.79. The fourth-order valence-electron chi connectivity index (χ4n) is 2.47. The molecule has 3 N–H and O–H groups in total. The van der Waals surface area contributed by atoms with Gasteiger partial charge in [0.25, 0.3) is 0 Å². The van der Waals surface area contributed by atoms with Gasteiger partial charge in [-0.3, -0.25) is 4.79 Å². The van der Waals surface area contributed by atoms with E-state index in [9.17, 15) is 4.79 Å². The summed E-state index contributed by atoms with van der Waals surface area (Å²) in [5.74, 6) is 2.13. The fourth-order valence-corrected chi connectivity index (χ4v) is 2.47. The SMILES string of the molecule is CN1CC(Nc2ccc(N)c(OCC3CC3)n2)CCC1=O. The number of ether oxygens (including phenoxy) is 1. The van der Waals surface area contributed by atoms with Gasteiger partial charge in [-0.15, -0.1) is 0 Å². The molecule has 1 saturated carbocycles. The molecule has 0 aromatic carbocycles. The minimum absolute atomic E-state index is 0.201. The minimum Gasteiger partial charge on any atom is -0.476 e. The van der Waals surface area contributed by atoms with Crippen LogP contribution in [0.3, 0.4) is 0 Å². The van der Waals surface area contributed by atoms with Crippen LogP contribution in [0.15, 0.2) is 12.1 Å². The molecule has 2 aliphatic rings. The summed E-state index contributed by atoms with van der Waals surface area (Å²) in [5.41, 5.74) is 6.47. The Hall–Kier alpha value is -1.98. The van der Waals surface area contributed by atoms with Gasteiger partial charge in [0.2, 0.25) is 11.8 Å². The van der Waals surface area contributed by atoms with Crippen LogP contribution in [0.5, 0.6) is 5.88 Å². The summed E-state index contributed by atoms with van der Waals surface area (Å²) in [5, 5.41) is 3.36. The lowest BCUT2D eigenvalue weighted by molar-refractivity contribution is -0.132. The Morgan fingerprint density at radius 1 is 1.43 bits per heavy atom. The molecular formula is C15H22N4O2. The standard InChI is InChI=1S/C15H22N4O2/c1-19-8-11(4-7-14(19)20)17-13-6-5-12(16)15(18-13)21-9-10-2-3-10/h5-6,10-11H,2-4,7-9,16H2,1H3,(H,17,18). The fraction of sp³-hybridized carbons (Fsp3) is 0.600. The summed E-state index contributed by atoms with van der Waals surface area (Å²) in [6, 6.07) is 3.89. The van der Waals surface area contributed by atoms with Gasteiger partial charge in [0.15, 0.2) is 0 Å². The van der Waals surface area contributed by atoms with E-state index in [1.807, 2.05) is 19.2 Å². The first kappa shape index (κ1) is 14.0. The van der Waals surface area contributed by atoms with Gasteiger partial charge in [-0.25, -0.2) is 0 Å². The summed E-state index contributed by atoms with van der Waals surface area (Å²) in [6.07, 6.45) is 3.88. The minimum atomic E-state index is 0.201. The Morgan fingerprint density at radius 3 is 2.95 bits per heavy atom. The third-order valence-corrected chi connectivity index (χ3v) is 4.02. The normalized spacial score (nSPS) is 22.2. The van der Waals surface area contributed by atoms with E-state index in [1.54, 1.807) is 4.90 Å². The third-order valence-electron chi connectivity index (χ3n) is 4.02. The zero-order valence-electron chi connectivity index (χ0n) is 12.3. The van der Waals surface area contributed by atoms with E-state index < -0.39 is 0 Å². The number of nitrogens with one attached hydrogen (secondary N) is 1. The zero-order chi connectivity index (χ0) is 14.8. The molecule has 1 aliphatic heterocycles. The van der Waals surface area contributed by atoms with Gasteiger partial charge in [0, 0.05) is 26.1 Å². The van der Waals surface area contributed by atoms with Crippen molar-refractivity contribution in [1.29, 1.82) is 0 Å². The predicted molar refractivity (Wildman–Crippen MR) is 81.2 cm³/mol. The van der Waals surface area contributed by atoms with Crippen molar-refractivity contribution < 1.29 is 9.53 Å². The number of nitrogen functional groups attached to an aromatic ring is 1. The molecule has 6 heteroatoms. The Morgan fingerprint density at radius 2 is 2.24 bits per heavy atom. The van der Waals surface area contributed by atoms with Gasteiger partial charge < -0.3 is 20.7 Å². The van der Waals surface area contributed by atoms with E-state index >= 15 is 0 Å². The Kier molecular flexibility index (Phi) is 3.86. The highest BCUT2D eigenvalue weighted by Gasteiger charge is 2.24. The highest BCUT2D eigenvalue weighted by molar-refractivity contribution is 5.77. The van der Waals surface area contributed by atoms with Crippen LogP contribution in [0.4, 0.5) is 11.5 Å². The number of carbonyl (C=O) groups is 1. The van der Waals surface area contributed by atoms with Gasteiger partial charge >= 0.3 is 0 Å². The van der Waals surface area contributed by atoms with Crippen LogP contribution in [0, 0.1) is 5.92 Å². The lowest BCUT2D eigenvalue weighted by atomic mass is 10.1. The van der Waals surface area contributed by atoms with Crippen molar-refractivity contribution in [3.05, 3.63) is 12.1 Å². The summed E-state index contributed by atoms with van der Waals surface area (Å²) in [7, 11) is 1.83. The Labute approximate surface area is 124 Å². The molecule has 1 atom stereocenters. The average Bonchev–Trinajstić information content (AvgIpc) is 3.28. The second-order valence-corrected chi connectivity index (χ2v) is 6.00. The first-order valence-corrected chi connectivity index (χ1v) is 7.51. The number of amides is 1. The van der Waals surface area contributed by atoms with Crippen molar-refractivity contribution in [3.63, 3.8) is 0 Å². The number of anilines is 2. The van der Waals surface area contributed by atoms with E-state index in [-0.39, 0.29) is 11.9 Å². The number of piperidine rings is 1. The average molecular weight is 290 g/mol. The number of pyridine rings is 1. The molecule has 6 nitrogen and oxygen atoms in total. The third kappa shape index (κ3) is 3.56. The van der Waals surface area contributed by atoms with Gasteiger partial charge in [-0.05, 0) is 37.3 Å². The van der Waals surface area contributed by atoms with Crippen molar-refractivity contribution in [2.75, 3.05) is 31.2 Å². The predicted octanol–water partition coefficient (Wildman–Crippen LogP) is 1.49. The summed E-state index contributed by atoms with van der Waals surface area (Å²) in [4.78, 5) is 17.7. The highest BCUT2D eigenvalue weighted by Crippen LogP contribution is 2.30. The summed E-state index contributed by atoms with van der Waals surface area (Å²) >= 11 is 0. The number of nitrogens with two attached hydrogens (primary N) is 1. The van der Waals surface area contributed by atoms with Crippen LogP contribution >= 0.6 is 0 Å².